The van der Waals surface area contributed by atoms with Gasteiger partial charge >= 0.3 is 0 Å². The zero-order valence-corrected chi connectivity index (χ0v) is 18.8. The third kappa shape index (κ3) is 3.92. The number of rotatable bonds is 5. The van der Waals surface area contributed by atoms with Gasteiger partial charge in [-0.05, 0) is 55.8 Å². The molecular weight excluding hydrogens is 435 g/mol. The maximum absolute atomic E-state index is 13.6. The molecule has 8 nitrogen and oxygen atoms in total. The van der Waals surface area contributed by atoms with Crippen molar-refractivity contribution in [2.24, 2.45) is 7.05 Å². The number of aromatic nitrogens is 5. The summed E-state index contributed by atoms with van der Waals surface area (Å²) in [6, 6.07) is 14.8. The molecule has 9 heteroatoms. The molecular formula is C25H21FN6O2. The fourth-order valence-corrected chi connectivity index (χ4v) is 3.82. The number of hydrogen-bond donors (Lipinski definition) is 1. The van der Waals surface area contributed by atoms with Crippen LogP contribution in [0.3, 0.4) is 0 Å². The number of nitrogens with one attached hydrogen (secondary N) is 1. The topological polar surface area (TPSA) is 98.7 Å². The highest BCUT2D eigenvalue weighted by atomic mass is 19.1. The zero-order chi connectivity index (χ0) is 23.8. The van der Waals surface area contributed by atoms with Gasteiger partial charge in [-0.25, -0.2) is 9.37 Å². The molecule has 3 aromatic heterocycles. The second-order valence-corrected chi connectivity index (χ2v) is 7.98. The molecule has 170 valence electrons. The largest absolute Gasteiger partial charge is 0.341 e. The molecule has 2 aromatic carbocycles. The molecule has 0 saturated carbocycles. The Balaban J connectivity index is 1.63. The summed E-state index contributed by atoms with van der Waals surface area (Å²) in [6.07, 6.45) is 1.70. The summed E-state index contributed by atoms with van der Waals surface area (Å²) < 4.78 is 20.7. The Kier molecular flexibility index (Phi) is 5.37. The summed E-state index contributed by atoms with van der Waals surface area (Å²) in [6.45, 7) is 3.49. The quantitative estimate of drug-likeness (QED) is 0.414. The third-order valence-corrected chi connectivity index (χ3v) is 5.56. The van der Waals surface area contributed by atoms with Crippen LogP contribution in [0, 0.1) is 12.7 Å². The standard InChI is InChI=1S/C25H21FN6O2/c1-14(25-29-15(2)31-34-25)28-24(33)17-12-19(16-7-9-18(26)10-8-16)22-21(13-17)32(3)23(30-22)20-6-4-5-11-27-20/h4-14H,1-3H3,(H,28,33)/t14-/m1/s1. The lowest BCUT2D eigenvalue weighted by molar-refractivity contribution is 0.0932. The molecule has 0 saturated heterocycles. The summed E-state index contributed by atoms with van der Waals surface area (Å²) >= 11 is 0. The lowest BCUT2D eigenvalue weighted by Gasteiger charge is -2.12. The average Bonchev–Trinajstić information content (AvgIpc) is 3.43. The Morgan fingerprint density at radius 3 is 2.59 bits per heavy atom. The molecule has 0 aliphatic rings. The first kappa shape index (κ1) is 21.4. The number of imidazole rings is 1. The van der Waals surface area contributed by atoms with Gasteiger partial charge < -0.3 is 14.4 Å². The molecule has 0 radical (unpaired) electrons. The fraction of sp³-hybridized carbons (Fsp3) is 0.160. The summed E-state index contributed by atoms with van der Waals surface area (Å²) in [5.74, 6) is 0.824. The van der Waals surface area contributed by atoms with Gasteiger partial charge in [0.1, 0.15) is 17.6 Å². The van der Waals surface area contributed by atoms with Crippen LogP contribution in [0.1, 0.15) is 35.0 Å². The number of amides is 1. The van der Waals surface area contributed by atoms with Crippen molar-refractivity contribution in [1.82, 2.24) is 30.0 Å². The van der Waals surface area contributed by atoms with Crippen molar-refractivity contribution in [2.45, 2.75) is 19.9 Å². The average molecular weight is 456 g/mol. The Bertz CT molecular complexity index is 1490. The highest BCUT2D eigenvalue weighted by Gasteiger charge is 2.21. The number of hydrogen-bond acceptors (Lipinski definition) is 6. The van der Waals surface area contributed by atoms with Gasteiger partial charge in [0.25, 0.3) is 5.91 Å². The van der Waals surface area contributed by atoms with E-state index in [0.717, 1.165) is 11.1 Å². The summed E-state index contributed by atoms with van der Waals surface area (Å²) in [7, 11) is 1.87. The molecule has 5 aromatic rings. The van der Waals surface area contributed by atoms with Gasteiger partial charge in [-0.2, -0.15) is 4.98 Å². The smallest absolute Gasteiger partial charge is 0.252 e. The minimum atomic E-state index is -0.478. The van der Waals surface area contributed by atoms with Gasteiger partial charge in [0.05, 0.1) is 11.0 Å². The lowest BCUT2D eigenvalue weighted by atomic mass is 10.0. The lowest BCUT2D eigenvalue weighted by Crippen LogP contribution is -2.27. The van der Waals surface area contributed by atoms with E-state index in [1.165, 1.54) is 12.1 Å². The summed E-state index contributed by atoms with van der Waals surface area (Å²) in [4.78, 5) is 26.6. The van der Waals surface area contributed by atoms with E-state index < -0.39 is 6.04 Å². The van der Waals surface area contributed by atoms with Crippen LogP contribution in [0.25, 0.3) is 33.7 Å². The van der Waals surface area contributed by atoms with E-state index in [4.69, 9.17) is 9.51 Å². The van der Waals surface area contributed by atoms with E-state index in [1.807, 2.05) is 29.8 Å². The molecule has 0 bridgehead atoms. The number of halogens is 1. The molecule has 1 N–H and O–H groups in total. The second kappa shape index (κ2) is 8.51. The summed E-state index contributed by atoms with van der Waals surface area (Å²) in [5, 5.41) is 6.68. The molecule has 0 aliphatic heterocycles. The predicted molar refractivity (Wildman–Crippen MR) is 124 cm³/mol. The number of carbonyl (C=O) groups is 1. The van der Waals surface area contributed by atoms with Gasteiger partial charge in [-0.1, -0.05) is 23.4 Å². The monoisotopic (exact) mass is 456 g/mol. The van der Waals surface area contributed by atoms with E-state index in [-0.39, 0.29) is 11.7 Å². The van der Waals surface area contributed by atoms with Crippen LogP contribution >= 0.6 is 0 Å². The molecule has 0 unspecified atom stereocenters. The maximum Gasteiger partial charge on any atom is 0.252 e. The van der Waals surface area contributed by atoms with Crippen molar-refractivity contribution in [3.05, 3.63) is 83.9 Å². The molecule has 0 aliphatic carbocycles. The molecule has 3 heterocycles. The van der Waals surface area contributed by atoms with E-state index >= 15 is 0 Å². The SMILES string of the molecule is Cc1noc([C@@H](C)NC(=O)c2cc(-c3ccc(F)cc3)c3nc(-c4ccccn4)n(C)c3c2)n1. The van der Waals surface area contributed by atoms with Crippen molar-refractivity contribution in [3.8, 4) is 22.6 Å². The highest BCUT2D eigenvalue weighted by molar-refractivity contribution is 6.03. The first-order valence-corrected chi connectivity index (χ1v) is 10.7. The minimum absolute atomic E-state index is 0.311. The first-order chi connectivity index (χ1) is 16.4. The van der Waals surface area contributed by atoms with Crippen molar-refractivity contribution in [2.75, 3.05) is 0 Å². The Morgan fingerprint density at radius 1 is 1.12 bits per heavy atom. The number of aryl methyl sites for hydroxylation is 2. The van der Waals surface area contributed by atoms with Crippen molar-refractivity contribution in [3.63, 3.8) is 0 Å². The normalized spacial score (nSPS) is 12.1. The molecule has 0 fully saturated rings. The van der Waals surface area contributed by atoms with Crippen molar-refractivity contribution < 1.29 is 13.7 Å². The number of pyridine rings is 1. The minimum Gasteiger partial charge on any atom is -0.341 e. The number of fused-ring (bicyclic) bond motifs is 1. The van der Waals surface area contributed by atoms with E-state index in [0.29, 0.717) is 39.9 Å². The molecule has 1 amide bonds. The highest BCUT2D eigenvalue weighted by Crippen LogP contribution is 2.33. The molecule has 5 rings (SSSR count). The van der Waals surface area contributed by atoms with Crippen LogP contribution in [-0.4, -0.2) is 30.6 Å². The van der Waals surface area contributed by atoms with Crippen LogP contribution in [-0.2, 0) is 7.05 Å². The number of benzene rings is 2. The maximum atomic E-state index is 13.6. The van der Waals surface area contributed by atoms with Crippen LogP contribution in [0.5, 0.6) is 0 Å². The summed E-state index contributed by atoms with van der Waals surface area (Å²) in [5.41, 5.74) is 4.01. The van der Waals surface area contributed by atoms with E-state index in [1.54, 1.807) is 44.3 Å². The van der Waals surface area contributed by atoms with E-state index in [9.17, 15) is 9.18 Å². The van der Waals surface area contributed by atoms with Gasteiger partial charge in [-0.15, -0.1) is 0 Å². The molecule has 0 spiro atoms. The van der Waals surface area contributed by atoms with Crippen LogP contribution in [0.2, 0.25) is 0 Å². The predicted octanol–water partition coefficient (Wildman–Crippen LogP) is 4.62. The van der Waals surface area contributed by atoms with Gasteiger partial charge in [0, 0.05) is 24.4 Å². The number of carbonyl (C=O) groups excluding carboxylic acids is 1. The van der Waals surface area contributed by atoms with Crippen LogP contribution in [0.15, 0.2) is 65.3 Å². The van der Waals surface area contributed by atoms with E-state index in [2.05, 4.69) is 20.4 Å². The Labute approximate surface area is 194 Å². The van der Waals surface area contributed by atoms with Gasteiger partial charge in [0.15, 0.2) is 11.6 Å². The van der Waals surface area contributed by atoms with Gasteiger partial charge in [-0.3, -0.25) is 9.78 Å². The Morgan fingerprint density at radius 2 is 1.91 bits per heavy atom. The zero-order valence-electron chi connectivity index (χ0n) is 18.8. The number of nitrogens with zero attached hydrogens (tertiary/aromatic N) is 5. The van der Waals surface area contributed by atoms with Crippen molar-refractivity contribution in [1.29, 1.82) is 0 Å². The third-order valence-electron chi connectivity index (χ3n) is 5.56. The Hall–Kier alpha value is -4.40. The fourth-order valence-electron chi connectivity index (χ4n) is 3.82. The first-order valence-electron chi connectivity index (χ1n) is 10.7. The van der Waals surface area contributed by atoms with Crippen LogP contribution in [0.4, 0.5) is 4.39 Å². The second-order valence-electron chi connectivity index (χ2n) is 7.98. The van der Waals surface area contributed by atoms with Gasteiger partial charge in [0.2, 0.25) is 5.89 Å². The molecule has 34 heavy (non-hydrogen) atoms. The van der Waals surface area contributed by atoms with Crippen molar-refractivity contribution >= 4 is 16.9 Å². The molecule has 1 atom stereocenters. The van der Waals surface area contributed by atoms with Crippen LogP contribution < -0.4 is 5.32 Å².